The fourth-order valence-electron chi connectivity index (χ4n) is 3.94. The molecule has 0 saturated carbocycles. The van der Waals surface area contributed by atoms with Crippen molar-refractivity contribution in [3.05, 3.63) is 60.2 Å². The summed E-state index contributed by atoms with van der Waals surface area (Å²) in [5.41, 5.74) is 3.86. The van der Waals surface area contributed by atoms with Crippen LogP contribution in [0.15, 0.2) is 54.6 Å². The van der Waals surface area contributed by atoms with E-state index in [1.807, 2.05) is 27.2 Å². The minimum atomic E-state index is -1.15. The van der Waals surface area contributed by atoms with Crippen LogP contribution in [0.4, 0.5) is 4.79 Å². The lowest BCUT2D eigenvalue weighted by atomic mass is 10.0. The number of unbranched alkanes of at least 4 members (excludes halogenated alkanes) is 4. The molecule has 0 fully saturated rings. The zero-order valence-electron chi connectivity index (χ0n) is 21.7. The van der Waals surface area contributed by atoms with Crippen molar-refractivity contribution < 1.29 is 29.1 Å². The van der Waals surface area contributed by atoms with Crippen LogP contribution in [0.25, 0.3) is 11.1 Å². The van der Waals surface area contributed by atoms with Crippen LogP contribution >= 0.6 is 0 Å². The minimum absolute atomic E-state index is 0.183. The smallest absolute Gasteiger partial charge is 0.315 e. The highest BCUT2D eigenvalue weighted by molar-refractivity contribution is 5.75. The predicted octanol–water partition coefficient (Wildman–Crippen LogP) is 3.06. The van der Waals surface area contributed by atoms with E-state index in [1.54, 1.807) is 0 Å². The van der Waals surface area contributed by atoms with Crippen LogP contribution in [-0.4, -0.2) is 68.3 Å². The summed E-state index contributed by atoms with van der Waals surface area (Å²) < 4.78 is 0.565. The Bertz CT molecular complexity index is 896. The predicted molar refractivity (Wildman–Crippen MR) is 140 cm³/mol. The van der Waals surface area contributed by atoms with Gasteiger partial charge in [-0.25, -0.2) is 4.79 Å². The van der Waals surface area contributed by atoms with E-state index in [2.05, 4.69) is 59.2 Å². The average molecular weight is 500 g/mol. The van der Waals surface area contributed by atoms with Crippen LogP contribution in [0, 0.1) is 0 Å². The first kappa shape index (κ1) is 30.6. The van der Waals surface area contributed by atoms with E-state index in [0.717, 1.165) is 32.1 Å². The number of rotatable bonds is 14. The van der Waals surface area contributed by atoms with Crippen molar-refractivity contribution in [1.82, 2.24) is 10.6 Å². The Morgan fingerprint density at radius 2 is 1.47 bits per heavy atom. The van der Waals surface area contributed by atoms with Crippen LogP contribution in [0.5, 0.6) is 0 Å². The number of benzene rings is 2. The van der Waals surface area contributed by atoms with Gasteiger partial charge in [-0.05, 0) is 36.0 Å². The van der Waals surface area contributed by atoms with Gasteiger partial charge in [0.1, 0.15) is 0 Å². The quantitative estimate of drug-likeness (QED) is 0.210. The Kier molecular flexibility index (Phi) is 14.6. The molecule has 0 aliphatic rings. The Morgan fingerprint density at radius 1 is 0.917 bits per heavy atom. The first-order chi connectivity index (χ1) is 17.1. The molecule has 0 aliphatic heterocycles. The number of nitrogens with zero attached hydrogens (tertiary/aromatic N) is 1. The third-order valence-corrected chi connectivity index (χ3v) is 5.51. The molecule has 0 radical (unpaired) electrons. The fourth-order valence-corrected chi connectivity index (χ4v) is 3.94. The Labute approximate surface area is 214 Å². The average Bonchev–Trinajstić information content (AvgIpc) is 2.81. The molecule has 2 aromatic rings. The van der Waals surface area contributed by atoms with Crippen molar-refractivity contribution in [2.24, 2.45) is 0 Å². The second-order valence-corrected chi connectivity index (χ2v) is 9.83. The molecular weight excluding hydrogens is 458 g/mol. The van der Waals surface area contributed by atoms with E-state index in [4.69, 9.17) is 9.90 Å². The van der Waals surface area contributed by atoms with E-state index >= 15 is 0 Å². The minimum Gasteiger partial charge on any atom is -0.550 e. The molecule has 0 spiro atoms. The molecule has 0 heterocycles. The van der Waals surface area contributed by atoms with Gasteiger partial charge in [-0.2, -0.15) is 0 Å². The molecule has 3 N–H and O–H groups in total. The van der Waals surface area contributed by atoms with E-state index in [1.165, 1.54) is 23.1 Å². The second-order valence-electron chi connectivity index (χ2n) is 9.83. The Balaban J connectivity index is 0.00000205. The van der Waals surface area contributed by atoms with Crippen molar-refractivity contribution in [1.29, 1.82) is 0 Å². The molecule has 198 valence electrons. The lowest BCUT2D eigenvalue weighted by molar-refractivity contribution is -0.871. The number of carboxylic acids is 1. The maximum Gasteiger partial charge on any atom is 0.315 e. The Morgan fingerprint density at radius 3 is 2.06 bits per heavy atom. The molecule has 0 bridgehead atoms. The number of carboxylic acid groups (broad SMARTS) is 2. The van der Waals surface area contributed by atoms with Gasteiger partial charge in [0, 0.05) is 18.9 Å². The van der Waals surface area contributed by atoms with Crippen molar-refractivity contribution in [2.45, 2.75) is 51.0 Å². The van der Waals surface area contributed by atoms with Crippen LogP contribution in [-0.2, 0) is 16.0 Å². The van der Waals surface area contributed by atoms with Gasteiger partial charge >= 0.3 is 6.03 Å². The number of aliphatic carboxylic acids is 1. The van der Waals surface area contributed by atoms with Crippen molar-refractivity contribution in [2.75, 3.05) is 34.2 Å². The number of quaternary nitrogens is 1. The molecule has 2 rings (SSSR count). The summed E-state index contributed by atoms with van der Waals surface area (Å²) in [4.78, 5) is 31.4. The molecule has 2 aromatic carbocycles. The van der Waals surface area contributed by atoms with Crippen LogP contribution < -0.4 is 15.7 Å². The number of carbonyl (C=O) groups is 3. The lowest BCUT2D eigenvalue weighted by Gasteiger charge is -2.30. The number of urea groups is 1. The summed E-state index contributed by atoms with van der Waals surface area (Å²) in [6.07, 6.45) is 6.35. The number of amides is 2. The molecule has 0 saturated heterocycles. The maximum absolute atomic E-state index is 12.1. The summed E-state index contributed by atoms with van der Waals surface area (Å²) in [5.74, 6) is -1.15. The van der Waals surface area contributed by atoms with Crippen LogP contribution in [0.3, 0.4) is 0 Å². The normalized spacial score (nSPS) is 11.5. The molecule has 1 atom stereocenters. The van der Waals surface area contributed by atoms with Crippen molar-refractivity contribution in [3.63, 3.8) is 0 Å². The van der Waals surface area contributed by atoms with Gasteiger partial charge in [0.05, 0.1) is 33.7 Å². The van der Waals surface area contributed by atoms with Gasteiger partial charge in [0.15, 0.2) is 0 Å². The van der Waals surface area contributed by atoms with E-state index < -0.39 is 12.0 Å². The van der Waals surface area contributed by atoms with Gasteiger partial charge in [0.25, 0.3) is 6.47 Å². The largest absolute Gasteiger partial charge is 0.550 e. The standard InChI is InChI=1S/C27H39N3O3.CH2O2/c1-30(2,3)21-25(20-26(31)32)29-27(33)28-19-11-6-4-5-8-12-22-15-17-24(18-16-22)23-13-9-7-10-14-23;2-1-3/h7,9-10,13-18,25H,4-6,8,11-12,19-21H2,1-3H3,(H2-,28,29,31,32,33);1H,(H,2,3). The zero-order valence-corrected chi connectivity index (χ0v) is 21.7. The second kappa shape index (κ2) is 17.1. The summed E-state index contributed by atoms with van der Waals surface area (Å²) in [7, 11) is 5.88. The third kappa shape index (κ3) is 14.8. The molecule has 36 heavy (non-hydrogen) atoms. The Hall–Kier alpha value is -3.39. The number of aryl methyl sites for hydroxylation is 1. The number of carbonyl (C=O) groups excluding carboxylic acids is 2. The molecule has 0 aromatic heterocycles. The topological polar surface area (TPSA) is 119 Å². The van der Waals surface area contributed by atoms with E-state index in [-0.39, 0.29) is 18.9 Å². The summed E-state index contributed by atoms with van der Waals surface area (Å²) in [6.45, 7) is 0.867. The highest BCUT2D eigenvalue weighted by atomic mass is 16.4. The number of likely N-dealkylation sites (N-methyl/N-ethyl adjacent to an activating group) is 1. The highest BCUT2D eigenvalue weighted by Gasteiger charge is 2.20. The van der Waals surface area contributed by atoms with Gasteiger partial charge < -0.3 is 30.1 Å². The fraction of sp³-hybridized carbons (Fsp3) is 0.464. The van der Waals surface area contributed by atoms with Gasteiger partial charge in [-0.3, -0.25) is 4.79 Å². The molecule has 8 heteroatoms. The molecule has 1 unspecified atom stereocenters. The molecule has 2 amide bonds. The SMILES string of the molecule is C[N+](C)(C)CC(CC(=O)[O-])NC(=O)NCCCCCCCc1ccc(-c2ccccc2)cc1.O=CO. The van der Waals surface area contributed by atoms with Crippen LogP contribution in [0.2, 0.25) is 0 Å². The molecule has 0 aliphatic carbocycles. The molecule has 8 nitrogen and oxygen atoms in total. The zero-order chi connectivity index (χ0) is 26.8. The first-order valence-electron chi connectivity index (χ1n) is 12.4. The van der Waals surface area contributed by atoms with Gasteiger partial charge in [-0.1, -0.05) is 73.9 Å². The van der Waals surface area contributed by atoms with E-state index in [0.29, 0.717) is 17.6 Å². The maximum atomic E-state index is 12.1. The third-order valence-electron chi connectivity index (χ3n) is 5.51. The van der Waals surface area contributed by atoms with Gasteiger partial charge in [-0.15, -0.1) is 0 Å². The van der Waals surface area contributed by atoms with Crippen LogP contribution in [0.1, 0.15) is 44.1 Å². The molecular formula is C28H41N3O5. The summed E-state index contributed by atoms with van der Waals surface area (Å²) in [6, 6.07) is 18.5. The first-order valence-corrected chi connectivity index (χ1v) is 12.4. The monoisotopic (exact) mass is 499 g/mol. The lowest BCUT2D eigenvalue weighted by Crippen LogP contribution is -2.53. The number of hydrogen-bond donors (Lipinski definition) is 3. The van der Waals surface area contributed by atoms with Crippen molar-refractivity contribution >= 4 is 18.5 Å². The number of nitrogens with one attached hydrogen (secondary N) is 2. The summed E-state index contributed by atoms with van der Waals surface area (Å²) >= 11 is 0. The number of hydrogen-bond acceptors (Lipinski definition) is 4. The van der Waals surface area contributed by atoms with Gasteiger partial charge in [0.2, 0.25) is 0 Å². The summed E-state index contributed by atoms with van der Waals surface area (Å²) in [5, 5.41) is 23.4. The van der Waals surface area contributed by atoms with Crippen molar-refractivity contribution in [3.8, 4) is 11.1 Å². The van der Waals surface area contributed by atoms with E-state index in [9.17, 15) is 14.7 Å². The highest BCUT2D eigenvalue weighted by Crippen LogP contribution is 2.20.